The summed E-state index contributed by atoms with van der Waals surface area (Å²) >= 11 is 0. The van der Waals surface area contributed by atoms with Gasteiger partial charge in [0, 0.05) is 12.7 Å². The molecule has 2 rings (SSSR count). The number of rotatable bonds is 3. The second kappa shape index (κ2) is 5.70. The second-order valence-electron chi connectivity index (χ2n) is 3.95. The van der Waals surface area contributed by atoms with Crippen molar-refractivity contribution in [3.63, 3.8) is 0 Å². The fourth-order valence-electron chi connectivity index (χ4n) is 1.70. The average molecular weight is 234 g/mol. The molecule has 0 N–H and O–H groups in total. The first-order chi connectivity index (χ1) is 8.81. The van der Waals surface area contributed by atoms with Crippen molar-refractivity contribution in [2.45, 2.75) is 0 Å². The van der Waals surface area contributed by atoms with E-state index in [1.165, 1.54) is 0 Å². The van der Waals surface area contributed by atoms with E-state index in [2.05, 4.69) is 6.07 Å². The summed E-state index contributed by atoms with van der Waals surface area (Å²) in [6, 6.07) is 21.9. The molecule has 2 nitrogen and oxygen atoms in total. The fourth-order valence-corrected chi connectivity index (χ4v) is 1.70. The van der Waals surface area contributed by atoms with Gasteiger partial charge in [0.1, 0.15) is 11.8 Å². The van der Waals surface area contributed by atoms with Crippen LogP contribution in [0.4, 0.5) is 5.69 Å². The van der Waals surface area contributed by atoms with Crippen LogP contribution in [0, 0.1) is 11.3 Å². The van der Waals surface area contributed by atoms with E-state index in [-0.39, 0.29) is 0 Å². The molecule has 2 aromatic rings. The monoisotopic (exact) mass is 234 g/mol. The van der Waals surface area contributed by atoms with Gasteiger partial charge in [-0.2, -0.15) is 5.26 Å². The van der Waals surface area contributed by atoms with E-state index in [0.29, 0.717) is 5.70 Å². The van der Waals surface area contributed by atoms with Gasteiger partial charge in [0.15, 0.2) is 0 Å². The van der Waals surface area contributed by atoms with Gasteiger partial charge in [-0.1, -0.05) is 48.5 Å². The van der Waals surface area contributed by atoms with E-state index in [1.54, 1.807) is 0 Å². The molecule has 0 atom stereocenters. The van der Waals surface area contributed by atoms with Gasteiger partial charge in [-0.3, -0.25) is 0 Å². The third-order valence-electron chi connectivity index (χ3n) is 2.72. The van der Waals surface area contributed by atoms with Crippen molar-refractivity contribution in [1.29, 1.82) is 5.26 Å². The number of anilines is 1. The van der Waals surface area contributed by atoms with Crippen LogP contribution >= 0.6 is 0 Å². The zero-order chi connectivity index (χ0) is 12.8. The molecule has 0 radical (unpaired) electrons. The van der Waals surface area contributed by atoms with Crippen LogP contribution in [-0.4, -0.2) is 7.05 Å². The summed E-state index contributed by atoms with van der Waals surface area (Å²) in [4.78, 5) is 1.88. The zero-order valence-electron chi connectivity index (χ0n) is 10.2. The predicted molar refractivity (Wildman–Crippen MR) is 74.9 cm³/mol. The van der Waals surface area contributed by atoms with Crippen LogP contribution in [0.5, 0.6) is 0 Å². The van der Waals surface area contributed by atoms with Gasteiger partial charge in [0.05, 0.1) is 0 Å². The maximum Gasteiger partial charge on any atom is 0.120 e. The molecule has 0 unspecified atom stereocenters. The third-order valence-corrected chi connectivity index (χ3v) is 2.72. The van der Waals surface area contributed by atoms with Crippen molar-refractivity contribution in [2.24, 2.45) is 0 Å². The molecule has 18 heavy (non-hydrogen) atoms. The van der Waals surface area contributed by atoms with E-state index in [9.17, 15) is 5.26 Å². The van der Waals surface area contributed by atoms with E-state index in [1.807, 2.05) is 78.7 Å². The molecule has 0 aliphatic heterocycles. The summed E-state index contributed by atoms with van der Waals surface area (Å²) in [5.74, 6) is 0. The summed E-state index contributed by atoms with van der Waals surface area (Å²) in [5.41, 5.74) is 2.64. The Balaban J connectivity index is 2.30. The first kappa shape index (κ1) is 11.9. The van der Waals surface area contributed by atoms with Crippen molar-refractivity contribution in [1.82, 2.24) is 0 Å². The Morgan fingerprint density at radius 1 is 1.00 bits per heavy atom. The lowest BCUT2D eigenvalue weighted by Crippen LogP contribution is -2.14. The number of hydrogen-bond donors (Lipinski definition) is 0. The molecular formula is C16H14N2. The minimum absolute atomic E-state index is 0.618. The molecule has 2 heteroatoms. The molecule has 0 fully saturated rings. The Morgan fingerprint density at radius 3 is 2.11 bits per heavy atom. The molecule has 0 aliphatic carbocycles. The highest BCUT2D eigenvalue weighted by molar-refractivity contribution is 5.65. The van der Waals surface area contributed by atoms with Crippen LogP contribution in [0.1, 0.15) is 5.56 Å². The van der Waals surface area contributed by atoms with Crippen LogP contribution in [-0.2, 0) is 0 Å². The smallest absolute Gasteiger partial charge is 0.120 e. The van der Waals surface area contributed by atoms with Crippen molar-refractivity contribution < 1.29 is 0 Å². The standard InChI is InChI=1S/C16H14N2/c1-18(15-10-6-3-7-11-15)16(13-17)12-14-8-4-2-5-9-14/h2-12H,1H3/b16-12+. The Kier molecular flexibility index (Phi) is 3.78. The lowest BCUT2D eigenvalue weighted by molar-refractivity contribution is 1.15. The first-order valence-corrected chi connectivity index (χ1v) is 5.77. The summed E-state index contributed by atoms with van der Waals surface area (Å²) in [6.07, 6.45) is 1.88. The van der Waals surface area contributed by atoms with E-state index < -0.39 is 0 Å². The number of allylic oxidation sites excluding steroid dienone is 1. The minimum atomic E-state index is 0.618. The largest absolute Gasteiger partial charge is 0.336 e. The highest BCUT2D eigenvalue weighted by atomic mass is 15.1. The Morgan fingerprint density at radius 2 is 1.56 bits per heavy atom. The van der Waals surface area contributed by atoms with Crippen LogP contribution in [0.3, 0.4) is 0 Å². The number of nitrogens with zero attached hydrogens (tertiary/aromatic N) is 2. The number of hydrogen-bond acceptors (Lipinski definition) is 2. The van der Waals surface area contributed by atoms with E-state index in [0.717, 1.165) is 11.3 Å². The van der Waals surface area contributed by atoms with Crippen LogP contribution in [0.15, 0.2) is 66.4 Å². The number of nitriles is 1. The highest BCUT2D eigenvalue weighted by Crippen LogP contribution is 2.18. The summed E-state index contributed by atoms with van der Waals surface area (Å²) in [5, 5.41) is 9.26. The van der Waals surface area contributed by atoms with Gasteiger partial charge in [0.2, 0.25) is 0 Å². The van der Waals surface area contributed by atoms with E-state index >= 15 is 0 Å². The zero-order valence-corrected chi connectivity index (χ0v) is 10.2. The summed E-state index contributed by atoms with van der Waals surface area (Å²) < 4.78 is 0. The molecule has 0 heterocycles. The lowest BCUT2D eigenvalue weighted by atomic mass is 10.2. The molecular weight excluding hydrogens is 220 g/mol. The van der Waals surface area contributed by atoms with Gasteiger partial charge < -0.3 is 4.90 Å². The highest BCUT2D eigenvalue weighted by Gasteiger charge is 2.05. The first-order valence-electron chi connectivity index (χ1n) is 5.77. The Bertz CT molecular complexity index is 565. The molecule has 2 aromatic carbocycles. The minimum Gasteiger partial charge on any atom is -0.336 e. The average Bonchev–Trinajstić information content (AvgIpc) is 2.46. The molecule has 0 aliphatic rings. The SMILES string of the molecule is CN(/C(C#N)=C/c1ccccc1)c1ccccc1. The molecule has 0 aromatic heterocycles. The summed E-state index contributed by atoms with van der Waals surface area (Å²) in [7, 11) is 1.90. The number of para-hydroxylation sites is 1. The molecule has 0 saturated heterocycles. The van der Waals surface area contributed by atoms with Crippen molar-refractivity contribution in [3.8, 4) is 6.07 Å². The second-order valence-corrected chi connectivity index (χ2v) is 3.95. The molecule has 88 valence electrons. The van der Waals surface area contributed by atoms with Crippen molar-refractivity contribution in [2.75, 3.05) is 11.9 Å². The van der Waals surface area contributed by atoms with Gasteiger partial charge in [-0.25, -0.2) is 0 Å². The van der Waals surface area contributed by atoms with Gasteiger partial charge in [-0.05, 0) is 23.8 Å². The molecule has 0 saturated carbocycles. The maximum absolute atomic E-state index is 9.26. The van der Waals surface area contributed by atoms with Gasteiger partial charge in [0.25, 0.3) is 0 Å². The van der Waals surface area contributed by atoms with Crippen LogP contribution in [0.25, 0.3) is 6.08 Å². The van der Waals surface area contributed by atoms with Crippen molar-refractivity contribution in [3.05, 3.63) is 71.9 Å². The third kappa shape index (κ3) is 2.78. The van der Waals surface area contributed by atoms with Gasteiger partial charge in [-0.15, -0.1) is 0 Å². The fraction of sp³-hybridized carbons (Fsp3) is 0.0625. The number of benzene rings is 2. The van der Waals surface area contributed by atoms with Crippen molar-refractivity contribution >= 4 is 11.8 Å². The maximum atomic E-state index is 9.26. The predicted octanol–water partition coefficient (Wildman–Crippen LogP) is 3.69. The quantitative estimate of drug-likeness (QED) is 0.757. The Hall–Kier alpha value is -2.53. The Labute approximate surface area is 107 Å². The molecule has 0 bridgehead atoms. The topological polar surface area (TPSA) is 27.0 Å². The normalized spacial score (nSPS) is 10.8. The molecule has 0 spiro atoms. The van der Waals surface area contributed by atoms with Gasteiger partial charge >= 0.3 is 0 Å². The lowest BCUT2D eigenvalue weighted by Gasteiger charge is -2.17. The van der Waals surface area contributed by atoms with Crippen LogP contribution in [0.2, 0.25) is 0 Å². The summed E-state index contributed by atoms with van der Waals surface area (Å²) in [6.45, 7) is 0. The molecule has 0 amide bonds. The van der Waals surface area contributed by atoms with E-state index in [4.69, 9.17) is 0 Å². The van der Waals surface area contributed by atoms with Crippen LogP contribution < -0.4 is 4.90 Å².